The third kappa shape index (κ3) is 7.29. The van der Waals surface area contributed by atoms with Crippen LogP contribution in [0.2, 0.25) is 0 Å². The lowest BCUT2D eigenvalue weighted by molar-refractivity contribution is 0.104. The van der Waals surface area contributed by atoms with E-state index in [0.717, 1.165) is 43.4 Å². The average Bonchev–Trinajstić information content (AvgIpc) is 2.50. The highest BCUT2D eigenvalue weighted by molar-refractivity contribution is 6.07. The van der Waals surface area contributed by atoms with Crippen LogP contribution in [-0.2, 0) is 0 Å². The highest BCUT2D eigenvalue weighted by Crippen LogP contribution is 2.32. The lowest BCUT2D eigenvalue weighted by Gasteiger charge is -2.05. The lowest BCUT2D eigenvalue weighted by atomic mass is 10.0. The van der Waals surface area contributed by atoms with E-state index in [2.05, 4.69) is 32.9 Å². The molecular formula is C21H28O4. The summed E-state index contributed by atoms with van der Waals surface area (Å²) in [6, 6.07) is 2.04. The third-order valence-corrected chi connectivity index (χ3v) is 3.86. The standard InChI is InChI=1S/C21H28O4/c1-14(2)7-5-8-15(3)9-6-10-16(4)11-18(22)17-12-20(24)21(25)13-19(17)23/h7,9,11-13,23-25H,5-6,8,10H2,1-4H3. The molecule has 3 N–H and O–H groups in total. The second-order valence-electron chi connectivity index (χ2n) is 6.62. The molecular weight excluding hydrogens is 316 g/mol. The van der Waals surface area contributed by atoms with Crippen LogP contribution in [0, 0.1) is 0 Å². The number of carbonyl (C=O) groups excluding carboxylic acids is 1. The lowest BCUT2D eigenvalue weighted by Crippen LogP contribution is -1.96. The summed E-state index contributed by atoms with van der Waals surface area (Å²) >= 11 is 0. The molecule has 0 aliphatic heterocycles. The Balaban J connectivity index is 2.62. The van der Waals surface area contributed by atoms with Crippen LogP contribution in [0.4, 0.5) is 0 Å². The van der Waals surface area contributed by atoms with Crippen LogP contribution in [0.1, 0.15) is 63.7 Å². The maximum Gasteiger partial charge on any atom is 0.189 e. The van der Waals surface area contributed by atoms with E-state index in [1.165, 1.54) is 17.2 Å². The summed E-state index contributed by atoms with van der Waals surface area (Å²) in [5.74, 6) is -1.63. The molecule has 0 saturated heterocycles. The van der Waals surface area contributed by atoms with Crippen molar-refractivity contribution in [2.75, 3.05) is 0 Å². The van der Waals surface area contributed by atoms with E-state index in [0.29, 0.717) is 0 Å². The van der Waals surface area contributed by atoms with Gasteiger partial charge in [0.15, 0.2) is 17.3 Å². The largest absolute Gasteiger partial charge is 0.507 e. The van der Waals surface area contributed by atoms with Gasteiger partial charge in [0.25, 0.3) is 0 Å². The minimum atomic E-state index is -0.455. The van der Waals surface area contributed by atoms with E-state index < -0.39 is 17.3 Å². The molecule has 0 aliphatic rings. The first-order valence-corrected chi connectivity index (χ1v) is 8.46. The Morgan fingerprint density at radius 3 is 2.04 bits per heavy atom. The summed E-state index contributed by atoms with van der Waals surface area (Å²) in [7, 11) is 0. The van der Waals surface area contributed by atoms with Gasteiger partial charge in [0, 0.05) is 6.07 Å². The number of phenolic OH excluding ortho intramolecular Hbond substituents is 3. The third-order valence-electron chi connectivity index (χ3n) is 3.86. The van der Waals surface area contributed by atoms with Crippen molar-refractivity contribution in [2.45, 2.75) is 53.4 Å². The van der Waals surface area contributed by atoms with Crippen LogP contribution >= 0.6 is 0 Å². The molecule has 0 bridgehead atoms. The van der Waals surface area contributed by atoms with Crippen LogP contribution in [0.15, 0.2) is 47.1 Å². The summed E-state index contributed by atoms with van der Waals surface area (Å²) in [4.78, 5) is 12.2. The zero-order chi connectivity index (χ0) is 19.0. The van der Waals surface area contributed by atoms with Gasteiger partial charge in [0.1, 0.15) is 5.75 Å². The van der Waals surface area contributed by atoms with Gasteiger partial charge < -0.3 is 15.3 Å². The molecule has 4 nitrogen and oxygen atoms in total. The monoisotopic (exact) mass is 344 g/mol. The number of ketones is 1. The molecule has 25 heavy (non-hydrogen) atoms. The normalized spacial score (nSPS) is 12.2. The van der Waals surface area contributed by atoms with Crippen molar-refractivity contribution in [1.82, 2.24) is 0 Å². The molecule has 1 rings (SSSR count). The second kappa shape index (κ2) is 9.72. The van der Waals surface area contributed by atoms with Gasteiger partial charge >= 0.3 is 0 Å². The summed E-state index contributed by atoms with van der Waals surface area (Å²) in [5, 5.41) is 28.5. The average molecular weight is 344 g/mol. The van der Waals surface area contributed by atoms with Crippen LogP contribution in [-0.4, -0.2) is 21.1 Å². The minimum absolute atomic E-state index is 0.0249. The Kier molecular flexibility index (Phi) is 7.99. The van der Waals surface area contributed by atoms with Gasteiger partial charge in [-0.25, -0.2) is 0 Å². The molecule has 0 fully saturated rings. The first-order chi connectivity index (χ1) is 11.7. The second-order valence-corrected chi connectivity index (χ2v) is 6.62. The van der Waals surface area contributed by atoms with Crippen molar-refractivity contribution in [3.8, 4) is 17.2 Å². The summed E-state index contributed by atoms with van der Waals surface area (Å²) in [5.41, 5.74) is 3.53. The number of phenols is 3. The predicted molar refractivity (Wildman–Crippen MR) is 101 cm³/mol. The molecule has 0 unspecified atom stereocenters. The van der Waals surface area contributed by atoms with E-state index in [4.69, 9.17) is 0 Å². The van der Waals surface area contributed by atoms with Crippen LogP contribution in [0.3, 0.4) is 0 Å². The summed E-state index contributed by atoms with van der Waals surface area (Å²) in [6.07, 6.45) is 9.54. The number of aromatic hydroxyl groups is 3. The number of benzene rings is 1. The van der Waals surface area contributed by atoms with Crippen molar-refractivity contribution in [1.29, 1.82) is 0 Å². The maximum atomic E-state index is 12.2. The number of allylic oxidation sites excluding steroid dienone is 6. The molecule has 1 aromatic carbocycles. The molecule has 4 heteroatoms. The molecule has 136 valence electrons. The number of carbonyl (C=O) groups is 1. The SMILES string of the molecule is CC(C)=CCCC(C)=CCCC(C)=CC(=O)c1cc(O)c(O)cc1O. The van der Waals surface area contributed by atoms with Gasteiger partial charge in [-0.15, -0.1) is 0 Å². The number of hydrogen-bond donors (Lipinski definition) is 3. The van der Waals surface area contributed by atoms with Crippen LogP contribution in [0.25, 0.3) is 0 Å². The maximum absolute atomic E-state index is 12.2. The molecule has 0 aliphatic carbocycles. The highest BCUT2D eigenvalue weighted by Gasteiger charge is 2.13. The van der Waals surface area contributed by atoms with Gasteiger partial charge in [0.05, 0.1) is 5.56 Å². The molecule has 0 aromatic heterocycles. The fourth-order valence-electron chi connectivity index (χ4n) is 2.37. The molecule has 0 radical (unpaired) electrons. The first kappa shape index (κ1) is 20.6. The van der Waals surface area contributed by atoms with Crippen molar-refractivity contribution in [3.05, 3.63) is 52.6 Å². The van der Waals surface area contributed by atoms with Gasteiger partial charge in [-0.3, -0.25) is 4.79 Å². The van der Waals surface area contributed by atoms with Crippen molar-refractivity contribution < 1.29 is 20.1 Å². The Hall–Kier alpha value is -2.49. The molecule has 0 saturated carbocycles. The summed E-state index contributed by atoms with van der Waals surface area (Å²) in [6.45, 7) is 8.16. The molecule has 0 spiro atoms. The van der Waals surface area contributed by atoms with Gasteiger partial charge in [-0.2, -0.15) is 0 Å². The van der Waals surface area contributed by atoms with Gasteiger partial charge in [0.2, 0.25) is 0 Å². The fraction of sp³-hybridized carbons (Fsp3) is 0.381. The van der Waals surface area contributed by atoms with Crippen LogP contribution in [0.5, 0.6) is 17.2 Å². The Morgan fingerprint density at radius 2 is 1.40 bits per heavy atom. The van der Waals surface area contributed by atoms with Gasteiger partial charge in [-0.1, -0.05) is 28.9 Å². The minimum Gasteiger partial charge on any atom is -0.507 e. The van der Waals surface area contributed by atoms with Crippen LogP contribution < -0.4 is 0 Å². The first-order valence-electron chi connectivity index (χ1n) is 8.46. The molecule has 0 heterocycles. The smallest absolute Gasteiger partial charge is 0.189 e. The molecule has 0 amide bonds. The highest BCUT2D eigenvalue weighted by atomic mass is 16.3. The zero-order valence-corrected chi connectivity index (χ0v) is 15.5. The van der Waals surface area contributed by atoms with E-state index in [1.807, 2.05) is 6.92 Å². The molecule has 0 atom stereocenters. The fourth-order valence-corrected chi connectivity index (χ4v) is 2.37. The Bertz CT molecular complexity index is 705. The molecule has 1 aromatic rings. The van der Waals surface area contributed by atoms with Crippen molar-refractivity contribution in [3.63, 3.8) is 0 Å². The quantitative estimate of drug-likeness (QED) is 0.194. The van der Waals surface area contributed by atoms with Crippen molar-refractivity contribution >= 4 is 5.78 Å². The topological polar surface area (TPSA) is 77.8 Å². The number of hydrogen-bond acceptors (Lipinski definition) is 4. The summed E-state index contributed by atoms with van der Waals surface area (Å²) < 4.78 is 0. The van der Waals surface area contributed by atoms with E-state index >= 15 is 0 Å². The van der Waals surface area contributed by atoms with Crippen molar-refractivity contribution in [2.24, 2.45) is 0 Å². The van der Waals surface area contributed by atoms with Gasteiger partial charge in [-0.05, 0) is 65.5 Å². The van der Waals surface area contributed by atoms with E-state index in [1.54, 1.807) is 0 Å². The van der Waals surface area contributed by atoms with E-state index in [9.17, 15) is 20.1 Å². The van der Waals surface area contributed by atoms with E-state index in [-0.39, 0.29) is 11.3 Å². The zero-order valence-electron chi connectivity index (χ0n) is 15.5. The Morgan fingerprint density at radius 1 is 0.840 bits per heavy atom. The Labute approximate surface area is 149 Å². The number of rotatable bonds is 8. The predicted octanol–water partition coefficient (Wildman–Crippen LogP) is 5.41.